The molecule has 0 heterocycles. The van der Waals surface area contributed by atoms with Crippen molar-refractivity contribution in [2.24, 2.45) is 5.73 Å². The summed E-state index contributed by atoms with van der Waals surface area (Å²) < 4.78 is 0. The molecule has 1 rings (SSSR count). The molecular weight excluding hydrogens is 140 g/mol. The Balaban J connectivity index is 0.000000218. The maximum atomic E-state index is 9.05. The van der Waals surface area contributed by atoms with Crippen molar-refractivity contribution in [3.63, 3.8) is 0 Å². The first-order valence-electron chi connectivity index (χ1n) is 3.25. The minimum Gasteiger partial charge on any atom is -0.399 e. The predicted molar refractivity (Wildman–Crippen MR) is 46.0 cm³/mol. The largest absolute Gasteiger partial charge is 0.399 e. The standard InChI is InChI=1S/C6H7N.C2H5NO/c7-6-4-2-1-3-5-6;3-1-2-4/h1-5H,7H2;2H,1,3H2. The van der Waals surface area contributed by atoms with E-state index in [0.717, 1.165) is 5.69 Å². The molecule has 1 aromatic rings. The number of anilines is 1. The van der Waals surface area contributed by atoms with Crippen LogP contribution in [-0.2, 0) is 4.79 Å². The van der Waals surface area contributed by atoms with Crippen molar-refractivity contribution < 1.29 is 4.79 Å². The van der Waals surface area contributed by atoms with E-state index in [2.05, 4.69) is 5.73 Å². The van der Waals surface area contributed by atoms with Gasteiger partial charge in [0, 0.05) is 12.2 Å². The van der Waals surface area contributed by atoms with Gasteiger partial charge in [-0.2, -0.15) is 0 Å². The topological polar surface area (TPSA) is 69.1 Å². The van der Waals surface area contributed by atoms with Gasteiger partial charge in [-0.3, -0.25) is 0 Å². The summed E-state index contributed by atoms with van der Waals surface area (Å²) in [4.78, 5) is 9.05. The monoisotopic (exact) mass is 152 g/mol. The van der Waals surface area contributed by atoms with Gasteiger partial charge in [-0.05, 0) is 12.1 Å². The van der Waals surface area contributed by atoms with Crippen molar-refractivity contribution in [1.29, 1.82) is 0 Å². The molecule has 60 valence electrons. The average Bonchev–Trinajstić information content (AvgIpc) is 2.07. The van der Waals surface area contributed by atoms with Crippen molar-refractivity contribution in [2.75, 3.05) is 12.3 Å². The minimum absolute atomic E-state index is 0.139. The van der Waals surface area contributed by atoms with Gasteiger partial charge >= 0.3 is 0 Å². The van der Waals surface area contributed by atoms with Crippen LogP contribution in [0.3, 0.4) is 0 Å². The SMILES string of the molecule is NCC=O.Nc1ccccc1. The number of para-hydroxylation sites is 1. The fraction of sp³-hybridized carbons (Fsp3) is 0.125. The Hall–Kier alpha value is -1.35. The molecule has 0 aliphatic carbocycles. The number of nitrogens with two attached hydrogens (primary N) is 2. The summed E-state index contributed by atoms with van der Waals surface area (Å²) in [5, 5.41) is 0. The highest BCUT2D eigenvalue weighted by atomic mass is 16.1. The summed E-state index contributed by atoms with van der Waals surface area (Å²) in [7, 11) is 0. The highest BCUT2D eigenvalue weighted by molar-refractivity contribution is 5.51. The minimum atomic E-state index is 0.139. The number of benzene rings is 1. The summed E-state index contributed by atoms with van der Waals surface area (Å²) in [6.07, 6.45) is 0.653. The van der Waals surface area contributed by atoms with E-state index in [1.807, 2.05) is 30.3 Å². The van der Waals surface area contributed by atoms with E-state index in [9.17, 15) is 0 Å². The van der Waals surface area contributed by atoms with Crippen LogP contribution in [-0.4, -0.2) is 12.8 Å². The van der Waals surface area contributed by atoms with E-state index in [-0.39, 0.29) is 6.54 Å². The zero-order valence-corrected chi connectivity index (χ0v) is 6.23. The maximum Gasteiger partial charge on any atom is 0.133 e. The van der Waals surface area contributed by atoms with Gasteiger partial charge in [0.2, 0.25) is 0 Å². The van der Waals surface area contributed by atoms with Crippen LogP contribution in [0.2, 0.25) is 0 Å². The molecule has 0 spiro atoms. The predicted octanol–water partition coefficient (Wildman–Crippen LogP) is 0.413. The summed E-state index contributed by atoms with van der Waals surface area (Å²) >= 11 is 0. The van der Waals surface area contributed by atoms with Crippen LogP contribution in [0, 0.1) is 0 Å². The first kappa shape index (κ1) is 9.65. The number of carbonyl (C=O) groups excluding carboxylic acids is 1. The highest BCUT2D eigenvalue weighted by Gasteiger charge is 1.72. The second-order valence-corrected chi connectivity index (χ2v) is 1.81. The van der Waals surface area contributed by atoms with Crippen LogP contribution in [0.5, 0.6) is 0 Å². The Labute approximate surface area is 66.0 Å². The fourth-order valence-corrected chi connectivity index (χ4v) is 0.453. The Morgan fingerprint density at radius 3 is 1.91 bits per heavy atom. The average molecular weight is 152 g/mol. The first-order chi connectivity index (χ1) is 5.31. The molecule has 0 amide bonds. The van der Waals surface area contributed by atoms with Gasteiger partial charge in [0.1, 0.15) is 6.29 Å². The first-order valence-corrected chi connectivity index (χ1v) is 3.25. The molecule has 0 fully saturated rings. The Morgan fingerprint density at radius 2 is 1.73 bits per heavy atom. The van der Waals surface area contributed by atoms with Gasteiger partial charge in [0.05, 0.1) is 0 Å². The summed E-state index contributed by atoms with van der Waals surface area (Å²) in [5.41, 5.74) is 10.8. The number of hydrogen-bond donors (Lipinski definition) is 2. The van der Waals surface area contributed by atoms with E-state index in [1.54, 1.807) is 0 Å². The van der Waals surface area contributed by atoms with Crippen molar-refractivity contribution >= 4 is 12.0 Å². The van der Waals surface area contributed by atoms with Crippen LogP contribution in [0.25, 0.3) is 0 Å². The molecule has 0 bridgehead atoms. The zero-order chi connectivity index (χ0) is 8.53. The van der Waals surface area contributed by atoms with E-state index in [1.165, 1.54) is 0 Å². The molecule has 1 aromatic carbocycles. The quantitative estimate of drug-likeness (QED) is 0.452. The number of hydrogen-bond acceptors (Lipinski definition) is 3. The molecule has 0 radical (unpaired) electrons. The maximum absolute atomic E-state index is 9.05. The number of nitrogen functional groups attached to an aromatic ring is 1. The van der Waals surface area contributed by atoms with Crippen LogP contribution < -0.4 is 11.5 Å². The molecule has 3 heteroatoms. The number of carbonyl (C=O) groups is 1. The van der Waals surface area contributed by atoms with Crippen LogP contribution >= 0.6 is 0 Å². The third-order valence-electron chi connectivity index (χ3n) is 0.896. The van der Waals surface area contributed by atoms with Crippen molar-refractivity contribution in [1.82, 2.24) is 0 Å². The van der Waals surface area contributed by atoms with Crippen LogP contribution in [0.1, 0.15) is 0 Å². The molecule has 0 aliphatic rings. The van der Waals surface area contributed by atoms with Crippen LogP contribution in [0.4, 0.5) is 5.69 Å². The van der Waals surface area contributed by atoms with Crippen molar-refractivity contribution in [2.45, 2.75) is 0 Å². The van der Waals surface area contributed by atoms with Crippen molar-refractivity contribution in [3.05, 3.63) is 30.3 Å². The summed E-state index contributed by atoms with van der Waals surface area (Å²) in [6.45, 7) is 0.139. The molecule has 4 N–H and O–H groups in total. The van der Waals surface area contributed by atoms with Gasteiger partial charge < -0.3 is 16.3 Å². The smallest absolute Gasteiger partial charge is 0.133 e. The fourth-order valence-electron chi connectivity index (χ4n) is 0.453. The lowest BCUT2D eigenvalue weighted by Crippen LogP contribution is -1.97. The van der Waals surface area contributed by atoms with Crippen LogP contribution in [0.15, 0.2) is 30.3 Å². The van der Waals surface area contributed by atoms with Gasteiger partial charge in [-0.25, -0.2) is 0 Å². The molecular formula is C8H12N2O. The van der Waals surface area contributed by atoms with Crippen molar-refractivity contribution in [3.8, 4) is 0 Å². The van der Waals surface area contributed by atoms with E-state index in [0.29, 0.717) is 6.29 Å². The lowest BCUT2D eigenvalue weighted by atomic mass is 10.3. The van der Waals surface area contributed by atoms with Gasteiger partial charge in [0.15, 0.2) is 0 Å². The third kappa shape index (κ3) is 6.54. The number of aldehydes is 1. The molecule has 0 aromatic heterocycles. The summed E-state index contributed by atoms with van der Waals surface area (Å²) in [6, 6.07) is 9.49. The Bertz CT molecular complexity index is 187. The molecule has 0 saturated heterocycles. The van der Waals surface area contributed by atoms with Gasteiger partial charge in [0.25, 0.3) is 0 Å². The van der Waals surface area contributed by atoms with Gasteiger partial charge in [-0.1, -0.05) is 18.2 Å². The van der Waals surface area contributed by atoms with E-state index >= 15 is 0 Å². The highest BCUT2D eigenvalue weighted by Crippen LogP contribution is 1.95. The molecule has 0 saturated carbocycles. The third-order valence-corrected chi connectivity index (χ3v) is 0.896. The van der Waals surface area contributed by atoms with Gasteiger partial charge in [-0.15, -0.1) is 0 Å². The molecule has 0 aliphatic heterocycles. The Morgan fingerprint density at radius 1 is 1.27 bits per heavy atom. The summed E-state index contributed by atoms with van der Waals surface area (Å²) in [5.74, 6) is 0. The Kier molecular flexibility index (Phi) is 5.94. The molecule has 11 heavy (non-hydrogen) atoms. The van der Waals surface area contributed by atoms with E-state index in [4.69, 9.17) is 10.5 Å². The second kappa shape index (κ2) is 6.77. The molecule has 3 nitrogen and oxygen atoms in total. The second-order valence-electron chi connectivity index (χ2n) is 1.81. The molecule has 0 unspecified atom stereocenters. The number of rotatable bonds is 1. The zero-order valence-electron chi connectivity index (χ0n) is 6.23. The normalized spacial score (nSPS) is 7.73. The lowest BCUT2D eigenvalue weighted by molar-refractivity contribution is -0.106. The van der Waals surface area contributed by atoms with E-state index < -0.39 is 0 Å². The molecule has 0 atom stereocenters. The lowest BCUT2D eigenvalue weighted by Gasteiger charge is -1.83.